The molecule has 21 heavy (non-hydrogen) atoms. The summed E-state index contributed by atoms with van der Waals surface area (Å²) in [7, 11) is 0. The van der Waals surface area contributed by atoms with Gasteiger partial charge in [-0.15, -0.1) is 0 Å². The largest absolute Gasteiger partial charge is 0.355 e. The molecule has 3 heteroatoms. The third-order valence-electron chi connectivity index (χ3n) is 3.81. The molecule has 0 spiro atoms. The highest BCUT2D eigenvalue weighted by Gasteiger charge is 2.22. The summed E-state index contributed by atoms with van der Waals surface area (Å²) in [5.41, 5.74) is 1.52. The van der Waals surface area contributed by atoms with Crippen molar-refractivity contribution in [1.29, 1.82) is 0 Å². The number of carbonyl (C=O) groups is 1. The van der Waals surface area contributed by atoms with Gasteiger partial charge in [-0.2, -0.15) is 0 Å². The van der Waals surface area contributed by atoms with E-state index < -0.39 is 0 Å². The molecule has 0 aliphatic heterocycles. The van der Waals surface area contributed by atoms with Crippen LogP contribution in [0.5, 0.6) is 0 Å². The smallest absolute Gasteiger partial charge is 0.222 e. The second-order valence-corrected chi connectivity index (χ2v) is 6.75. The van der Waals surface area contributed by atoms with E-state index in [0.29, 0.717) is 12.6 Å². The van der Waals surface area contributed by atoms with Crippen molar-refractivity contribution in [1.82, 2.24) is 10.6 Å². The zero-order valence-corrected chi connectivity index (χ0v) is 14.1. The van der Waals surface area contributed by atoms with Crippen LogP contribution in [0.25, 0.3) is 0 Å². The molecule has 118 valence electrons. The van der Waals surface area contributed by atoms with Crippen LogP contribution in [0, 0.1) is 5.92 Å². The zero-order chi connectivity index (χ0) is 15.9. The summed E-state index contributed by atoms with van der Waals surface area (Å²) in [5.74, 6) is 0.175. The quantitative estimate of drug-likeness (QED) is 0.722. The van der Waals surface area contributed by atoms with Crippen molar-refractivity contribution < 1.29 is 4.79 Å². The fraction of sp³-hybridized carbons (Fsp3) is 0.611. The predicted molar refractivity (Wildman–Crippen MR) is 89.4 cm³/mol. The first-order chi connectivity index (χ1) is 9.83. The minimum Gasteiger partial charge on any atom is -0.355 e. The summed E-state index contributed by atoms with van der Waals surface area (Å²) >= 11 is 0. The van der Waals surface area contributed by atoms with Gasteiger partial charge in [0.2, 0.25) is 5.91 Å². The van der Waals surface area contributed by atoms with E-state index in [1.165, 1.54) is 5.56 Å². The Morgan fingerprint density at radius 1 is 1.10 bits per heavy atom. The molecule has 2 N–H and O–H groups in total. The van der Waals surface area contributed by atoms with Gasteiger partial charge in [0.1, 0.15) is 0 Å². The Morgan fingerprint density at radius 2 is 1.71 bits per heavy atom. The van der Waals surface area contributed by atoms with Crippen molar-refractivity contribution in [2.45, 2.75) is 52.5 Å². The summed E-state index contributed by atoms with van der Waals surface area (Å²) in [6.45, 7) is 12.1. The molecule has 1 amide bonds. The van der Waals surface area contributed by atoms with Gasteiger partial charge < -0.3 is 10.6 Å². The molecule has 3 nitrogen and oxygen atoms in total. The van der Waals surface area contributed by atoms with Gasteiger partial charge in [0.15, 0.2) is 0 Å². The molecule has 1 aromatic rings. The number of benzene rings is 1. The van der Waals surface area contributed by atoms with Gasteiger partial charge in [0, 0.05) is 25.0 Å². The monoisotopic (exact) mass is 290 g/mol. The highest BCUT2D eigenvalue weighted by molar-refractivity contribution is 5.77. The number of amides is 1. The first-order valence-electron chi connectivity index (χ1n) is 7.89. The van der Waals surface area contributed by atoms with Gasteiger partial charge in [0.05, 0.1) is 0 Å². The van der Waals surface area contributed by atoms with Crippen molar-refractivity contribution >= 4 is 5.91 Å². The Bertz CT molecular complexity index is 426. The molecular formula is C18H30N2O. The van der Waals surface area contributed by atoms with Crippen molar-refractivity contribution in [2.24, 2.45) is 5.92 Å². The summed E-state index contributed by atoms with van der Waals surface area (Å²) in [6.07, 6.45) is 1.06. The second kappa shape index (κ2) is 8.18. The standard InChI is InChI=1S/C18H30N2O/c1-14(2)17(21)20-12-11-19-15(3)13-18(4,5)16-9-7-6-8-10-16/h6-10,14-15,19H,11-13H2,1-5H3,(H,20,21). The molecule has 0 aromatic heterocycles. The molecule has 1 atom stereocenters. The predicted octanol–water partition coefficient (Wildman–Crippen LogP) is 3.10. The Hall–Kier alpha value is -1.35. The van der Waals surface area contributed by atoms with E-state index >= 15 is 0 Å². The summed E-state index contributed by atoms with van der Waals surface area (Å²) in [4.78, 5) is 11.5. The van der Waals surface area contributed by atoms with Gasteiger partial charge in [-0.3, -0.25) is 4.79 Å². The van der Waals surface area contributed by atoms with Crippen LogP contribution in [-0.4, -0.2) is 25.0 Å². The highest BCUT2D eigenvalue weighted by Crippen LogP contribution is 2.27. The molecule has 0 aliphatic carbocycles. The maximum Gasteiger partial charge on any atom is 0.222 e. The van der Waals surface area contributed by atoms with Crippen LogP contribution in [0.4, 0.5) is 0 Å². The molecule has 0 saturated heterocycles. The molecule has 0 heterocycles. The van der Waals surface area contributed by atoms with Crippen LogP contribution < -0.4 is 10.6 Å². The first-order valence-corrected chi connectivity index (χ1v) is 7.89. The van der Waals surface area contributed by atoms with Gasteiger partial charge in [-0.25, -0.2) is 0 Å². The first kappa shape index (κ1) is 17.7. The maximum absolute atomic E-state index is 11.5. The molecule has 1 aromatic carbocycles. The molecule has 0 aliphatic rings. The minimum atomic E-state index is 0.0550. The Balaban J connectivity index is 2.33. The normalized spacial score (nSPS) is 13.2. The van der Waals surface area contributed by atoms with Crippen LogP contribution in [0.15, 0.2) is 30.3 Å². The van der Waals surface area contributed by atoms with Crippen LogP contribution in [0.3, 0.4) is 0 Å². The summed E-state index contributed by atoms with van der Waals surface area (Å²) < 4.78 is 0. The van der Waals surface area contributed by atoms with Crippen molar-refractivity contribution in [3.63, 3.8) is 0 Å². The molecule has 1 rings (SSSR count). The van der Waals surface area contributed by atoms with E-state index in [1.807, 2.05) is 13.8 Å². The van der Waals surface area contributed by atoms with E-state index in [1.54, 1.807) is 0 Å². The number of rotatable bonds is 8. The number of carbonyl (C=O) groups excluding carboxylic acids is 1. The molecule has 0 fully saturated rings. The lowest BCUT2D eigenvalue weighted by Crippen LogP contribution is -2.39. The van der Waals surface area contributed by atoms with Gasteiger partial charge >= 0.3 is 0 Å². The lowest BCUT2D eigenvalue weighted by molar-refractivity contribution is -0.123. The van der Waals surface area contributed by atoms with Gasteiger partial charge in [-0.05, 0) is 24.3 Å². The van der Waals surface area contributed by atoms with Crippen LogP contribution in [0.1, 0.15) is 46.6 Å². The third kappa shape index (κ3) is 6.30. The average molecular weight is 290 g/mol. The molecule has 0 bridgehead atoms. The van der Waals surface area contributed by atoms with Crippen LogP contribution >= 0.6 is 0 Å². The Kier molecular flexibility index (Phi) is 6.90. The SMILES string of the molecule is CC(CC(C)(C)c1ccccc1)NCCNC(=O)C(C)C. The fourth-order valence-corrected chi connectivity index (χ4v) is 2.55. The minimum absolute atomic E-state index is 0.0550. The second-order valence-electron chi connectivity index (χ2n) is 6.75. The van der Waals surface area contributed by atoms with Crippen LogP contribution in [-0.2, 0) is 10.2 Å². The Labute approximate surface area is 129 Å². The fourth-order valence-electron chi connectivity index (χ4n) is 2.55. The van der Waals surface area contributed by atoms with Crippen LogP contribution in [0.2, 0.25) is 0 Å². The van der Waals surface area contributed by atoms with E-state index in [9.17, 15) is 4.79 Å². The maximum atomic E-state index is 11.5. The van der Waals surface area contributed by atoms with E-state index in [2.05, 4.69) is 61.7 Å². The summed E-state index contributed by atoms with van der Waals surface area (Å²) in [5, 5.41) is 6.42. The van der Waals surface area contributed by atoms with Crippen molar-refractivity contribution in [3.05, 3.63) is 35.9 Å². The molecular weight excluding hydrogens is 260 g/mol. The topological polar surface area (TPSA) is 41.1 Å². The lowest BCUT2D eigenvalue weighted by atomic mass is 9.79. The third-order valence-corrected chi connectivity index (χ3v) is 3.81. The summed E-state index contributed by atoms with van der Waals surface area (Å²) in [6, 6.07) is 11.0. The van der Waals surface area contributed by atoms with E-state index in [0.717, 1.165) is 13.0 Å². The van der Waals surface area contributed by atoms with Crippen molar-refractivity contribution in [2.75, 3.05) is 13.1 Å². The number of hydrogen-bond acceptors (Lipinski definition) is 2. The van der Waals surface area contributed by atoms with E-state index in [-0.39, 0.29) is 17.2 Å². The highest BCUT2D eigenvalue weighted by atomic mass is 16.1. The number of nitrogens with one attached hydrogen (secondary N) is 2. The van der Waals surface area contributed by atoms with Crippen molar-refractivity contribution in [3.8, 4) is 0 Å². The lowest BCUT2D eigenvalue weighted by Gasteiger charge is -2.29. The average Bonchev–Trinajstić information content (AvgIpc) is 2.43. The molecule has 0 saturated carbocycles. The zero-order valence-electron chi connectivity index (χ0n) is 14.1. The molecule has 0 radical (unpaired) electrons. The van der Waals surface area contributed by atoms with E-state index in [4.69, 9.17) is 0 Å². The number of hydrogen-bond donors (Lipinski definition) is 2. The Morgan fingerprint density at radius 3 is 2.29 bits per heavy atom. The molecule has 1 unspecified atom stereocenters. The van der Waals surface area contributed by atoms with Gasteiger partial charge in [-0.1, -0.05) is 58.0 Å². The van der Waals surface area contributed by atoms with Gasteiger partial charge in [0.25, 0.3) is 0 Å².